The van der Waals surface area contributed by atoms with E-state index >= 15 is 0 Å². The molecule has 0 saturated carbocycles. The summed E-state index contributed by atoms with van der Waals surface area (Å²) in [6, 6.07) is 7.04. The molecule has 0 atom stereocenters. The van der Waals surface area contributed by atoms with Crippen molar-refractivity contribution >= 4 is 6.08 Å². The zero-order valence-corrected chi connectivity index (χ0v) is 6.82. The van der Waals surface area contributed by atoms with Crippen molar-refractivity contribution in [3.63, 3.8) is 0 Å². The van der Waals surface area contributed by atoms with Gasteiger partial charge in [0.15, 0.2) is 0 Å². The van der Waals surface area contributed by atoms with Gasteiger partial charge in [0.05, 0.1) is 17.2 Å². The molecule has 1 aromatic rings. The Morgan fingerprint density at radius 1 is 1.46 bits per heavy atom. The van der Waals surface area contributed by atoms with Gasteiger partial charge in [-0.3, -0.25) is 0 Å². The maximum absolute atomic E-state index is 9.44. The minimum Gasteiger partial charge on any atom is -0.507 e. The van der Waals surface area contributed by atoms with Crippen LogP contribution in [0.4, 0.5) is 0 Å². The van der Waals surface area contributed by atoms with Crippen LogP contribution in [0.15, 0.2) is 23.8 Å². The lowest BCUT2D eigenvalue weighted by atomic mass is 10.1. The average Bonchev–Trinajstić information content (AvgIpc) is 2.18. The molecule has 64 valence electrons. The molecule has 0 amide bonds. The highest BCUT2D eigenvalue weighted by molar-refractivity contribution is 5.69. The molecule has 3 nitrogen and oxygen atoms in total. The molecule has 0 aliphatic carbocycles. The second-order valence-corrected chi connectivity index (χ2v) is 2.76. The Kier molecular flexibility index (Phi) is 1.67. The molecule has 1 aliphatic rings. The van der Waals surface area contributed by atoms with Crippen molar-refractivity contribution in [1.82, 2.24) is 0 Å². The van der Waals surface area contributed by atoms with E-state index in [1.165, 1.54) is 0 Å². The smallest absolute Gasteiger partial charge is 0.130 e. The lowest BCUT2D eigenvalue weighted by Gasteiger charge is -2.14. The largest absolute Gasteiger partial charge is 0.507 e. The number of nitrogens with zero attached hydrogens (tertiary/aromatic N) is 1. The maximum Gasteiger partial charge on any atom is 0.130 e. The van der Waals surface area contributed by atoms with E-state index < -0.39 is 0 Å². The molecule has 3 heteroatoms. The van der Waals surface area contributed by atoms with Crippen molar-refractivity contribution in [2.75, 3.05) is 6.61 Å². The summed E-state index contributed by atoms with van der Waals surface area (Å²) >= 11 is 0. The number of hydrogen-bond acceptors (Lipinski definition) is 3. The van der Waals surface area contributed by atoms with E-state index in [1.54, 1.807) is 24.3 Å². The first-order valence-electron chi connectivity index (χ1n) is 3.86. The number of rotatable bonds is 0. The molecule has 0 fully saturated rings. The van der Waals surface area contributed by atoms with Gasteiger partial charge >= 0.3 is 0 Å². The van der Waals surface area contributed by atoms with Crippen LogP contribution in [0.3, 0.4) is 0 Å². The number of benzene rings is 1. The molecule has 1 aliphatic heterocycles. The van der Waals surface area contributed by atoms with Gasteiger partial charge in [-0.1, -0.05) is 6.07 Å². The standard InChI is InChI=1S/C10H7NO2/c11-5-7-4-8-9(12)2-1-3-10(8)13-6-7/h1-4,12H,6H2. The van der Waals surface area contributed by atoms with Crippen molar-refractivity contribution in [3.8, 4) is 17.6 Å². The van der Waals surface area contributed by atoms with Gasteiger partial charge in [-0.25, -0.2) is 0 Å². The molecule has 1 N–H and O–H groups in total. The van der Waals surface area contributed by atoms with Crippen LogP contribution < -0.4 is 4.74 Å². The predicted octanol–water partition coefficient (Wildman–Crippen LogP) is 1.69. The third-order valence-corrected chi connectivity index (χ3v) is 1.89. The van der Waals surface area contributed by atoms with Crippen LogP contribution in [0.25, 0.3) is 6.08 Å². The summed E-state index contributed by atoms with van der Waals surface area (Å²) in [5.74, 6) is 0.768. The van der Waals surface area contributed by atoms with Gasteiger partial charge in [-0.15, -0.1) is 0 Å². The van der Waals surface area contributed by atoms with Gasteiger partial charge < -0.3 is 9.84 Å². The average molecular weight is 173 g/mol. The molecule has 0 spiro atoms. The molecule has 0 unspecified atom stereocenters. The molecule has 2 rings (SSSR count). The van der Waals surface area contributed by atoms with Crippen molar-refractivity contribution in [2.45, 2.75) is 0 Å². The van der Waals surface area contributed by atoms with Crippen molar-refractivity contribution in [2.24, 2.45) is 0 Å². The van der Waals surface area contributed by atoms with E-state index in [9.17, 15) is 5.11 Å². The number of phenols is 1. The molecule has 0 saturated heterocycles. The monoisotopic (exact) mass is 173 g/mol. The number of aromatic hydroxyl groups is 1. The number of phenolic OH excluding ortho intramolecular Hbond substituents is 1. The number of nitriles is 1. The summed E-state index contributed by atoms with van der Waals surface area (Å²) in [4.78, 5) is 0. The van der Waals surface area contributed by atoms with Crippen LogP contribution in [0.2, 0.25) is 0 Å². The molecular weight excluding hydrogens is 166 g/mol. The summed E-state index contributed by atoms with van der Waals surface area (Å²) in [5, 5.41) is 18.1. The fourth-order valence-electron chi connectivity index (χ4n) is 1.24. The van der Waals surface area contributed by atoms with Crippen LogP contribution in [0, 0.1) is 11.3 Å². The van der Waals surface area contributed by atoms with Gasteiger partial charge in [-0.05, 0) is 18.2 Å². The first-order valence-corrected chi connectivity index (χ1v) is 3.86. The summed E-state index contributed by atoms with van der Waals surface area (Å²) in [7, 11) is 0. The zero-order chi connectivity index (χ0) is 9.26. The SMILES string of the molecule is N#CC1=Cc2c(O)cccc2OC1. The van der Waals surface area contributed by atoms with E-state index in [0.29, 0.717) is 16.9 Å². The highest BCUT2D eigenvalue weighted by Crippen LogP contribution is 2.32. The third-order valence-electron chi connectivity index (χ3n) is 1.89. The van der Waals surface area contributed by atoms with E-state index in [2.05, 4.69) is 0 Å². The molecule has 1 heterocycles. The third kappa shape index (κ3) is 1.23. The Morgan fingerprint density at radius 3 is 3.08 bits per heavy atom. The second kappa shape index (κ2) is 2.83. The number of hydrogen-bond donors (Lipinski definition) is 1. The van der Waals surface area contributed by atoms with Gasteiger partial charge in [0, 0.05) is 0 Å². The molecule has 0 bridgehead atoms. The van der Waals surface area contributed by atoms with Gasteiger partial charge in [-0.2, -0.15) is 5.26 Å². The first-order chi connectivity index (χ1) is 6.31. The number of fused-ring (bicyclic) bond motifs is 1. The summed E-state index contributed by atoms with van der Waals surface area (Å²) in [5.41, 5.74) is 1.11. The number of ether oxygens (including phenoxy) is 1. The molecule has 1 aromatic carbocycles. The van der Waals surface area contributed by atoms with Crippen LogP contribution in [-0.4, -0.2) is 11.7 Å². The van der Waals surface area contributed by atoms with E-state index in [4.69, 9.17) is 10.00 Å². The topological polar surface area (TPSA) is 53.2 Å². The Bertz CT molecular complexity index is 415. The summed E-state index contributed by atoms with van der Waals surface area (Å²) < 4.78 is 5.26. The van der Waals surface area contributed by atoms with E-state index in [-0.39, 0.29) is 12.4 Å². The predicted molar refractivity (Wildman–Crippen MR) is 47.2 cm³/mol. The molecule has 13 heavy (non-hydrogen) atoms. The normalized spacial score (nSPS) is 13.6. The van der Waals surface area contributed by atoms with Crippen molar-refractivity contribution < 1.29 is 9.84 Å². The molecule has 0 aromatic heterocycles. The van der Waals surface area contributed by atoms with Gasteiger partial charge in [0.25, 0.3) is 0 Å². The van der Waals surface area contributed by atoms with E-state index in [1.807, 2.05) is 6.07 Å². The second-order valence-electron chi connectivity index (χ2n) is 2.76. The minimum absolute atomic E-state index is 0.143. The lowest BCUT2D eigenvalue weighted by Crippen LogP contribution is -2.05. The Labute approximate surface area is 75.5 Å². The van der Waals surface area contributed by atoms with Crippen LogP contribution in [0.1, 0.15) is 5.56 Å². The summed E-state index contributed by atoms with van der Waals surface area (Å²) in [6.45, 7) is 0.285. The van der Waals surface area contributed by atoms with Crippen LogP contribution in [0.5, 0.6) is 11.5 Å². The fourth-order valence-corrected chi connectivity index (χ4v) is 1.24. The Balaban J connectivity index is 2.57. The van der Waals surface area contributed by atoms with Gasteiger partial charge in [0.2, 0.25) is 0 Å². The van der Waals surface area contributed by atoms with Crippen molar-refractivity contribution in [3.05, 3.63) is 29.3 Å². The summed E-state index contributed by atoms with van der Waals surface area (Å²) in [6.07, 6.45) is 1.65. The van der Waals surface area contributed by atoms with Crippen LogP contribution >= 0.6 is 0 Å². The zero-order valence-electron chi connectivity index (χ0n) is 6.82. The first kappa shape index (κ1) is 7.69. The Hall–Kier alpha value is -1.95. The lowest BCUT2D eigenvalue weighted by molar-refractivity contribution is 0.348. The van der Waals surface area contributed by atoms with Gasteiger partial charge in [0.1, 0.15) is 18.1 Å². The highest BCUT2D eigenvalue weighted by atomic mass is 16.5. The van der Waals surface area contributed by atoms with Crippen LogP contribution in [-0.2, 0) is 0 Å². The minimum atomic E-state index is 0.143. The van der Waals surface area contributed by atoms with E-state index in [0.717, 1.165) is 0 Å². The maximum atomic E-state index is 9.44. The molecular formula is C10H7NO2. The molecule has 0 radical (unpaired) electrons. The Morgan fingerprint density at radius 2 is 2.31 bits per heavy atom. The highest BCUT2D eigenvalue weighted by Gasteiger charge is 2.13. The van der Waals surface area contributed by atoms with Crippen molar-refractivity contribution in [1.29, 1.82) is 5.26 Å². The fraction of sp³-hybridized carbons (Fsp3) is 0.100. The quantitative estimate of drug-likeness (QED) is 0.649.